The number of nitrogens with zero attached hydrogens (tertiary/aromatic N) is 1. The molecular formula is C14H20FN3O. The molecule has 0 amide bonds. The predicted molar refractivity (Wildman–Crippen MR) is 73.6 cm³/mol. The number of rotatable bonds is 4. The van der Waals surface area contributed by atoms with Gasteiger partial charge in [-0.3, -0.25) is 4.99 Å². The lowest BCUT2D eigenvalue weighted by molar-refractivity contribution is 0.114. The van der Waals surface area contributed by atoms with Gasteiger partial charge in [0.15, 0.2) is 5.96 Å². The second-order valence-electron chi connectivity index (χ2n) is 4.57. The highest BCUT2D eigenvalue weighted by molar-refractivity contribution is 5.79. The first-order valence-corrected chi connectivity index (χ1v) is 6.58. The van der Waals surface area contributed by atoms with Crippen LogP contribution in [0.5, 0.6) is 0 Å². The van der Waals surface area contributed by atoms with Crippen LogP contribution in [-0.4, -0.2) is 32.3 Å². The lowest BCUT2D eigenvalue weighted by Gasteiger charge is -2.15. The van der Waals surface area contributed by atoms with E-state index >= 15 is 0 Å². The first kappa shape index (κ1) is 13.8. The van der Waals surface area contributed by atoms with Crippen LogP contribution in [0.3, 0.4) is 0 Å². The normalized spacial score (nSPS) is 19.5. The third-order valence-electron chi connectivity index (χ3n) is 3.12. The van der Waals surface area contributed by atoms with Crippen LogP contribution in [0.4, 0.5) is 4.39 Å². The van der Waals surface area contributed by atoms with Crippen molar-refractivity contribution in [1.82, 2.24) is 10.6 Å². The summed E-state index contributed by atoms with van der Waals surface area (Å²) in [5, 5.41) is 6.42. The van der Waals surface area contributed by atoms with Gasteiger partial charge in [0.25, 0.3) is 0 Å². The van der Waals surface area contributed by atoms with Crippen molar-refractivity contribution in [3.8, 4) is 0 Å². The lowest BCUT2D eigenvalue weighted by Crippen LogP contribution is -2.40. The molecule has 0 aromatic heterocycles. The molecule has 0 spiro atoms. The number of halogens is 1. The van der Waals surface area contributed by atoms with Gasteiger partial charge in [0, 0.05) is 26.7 Å². The number of hydrogen-bond donors (Lipinski definition) is 2. The smallest absolute Gasteiger partial charge is 0.191 e. The van der Waals surface area contributed by atoms with Crippen LogP contribution in [-0.2, 0) is 11.3 Å². The second kappa shape index (κ2) is 7.09. The van der Waals surface area contributed by atoms with E-state index in [0.717, 1.165) is 37.5 Å². The number of hydrogen-bond acceptors (Lipinski definition) is 2. The Balaban J connectivity index is 1.74. The van der Waals surface area contributed by atoms with Crippen molar-refractivity contribution in [3.05, 3.63) is 35.6 Å². The maximum atomic E-state index is 12.8. The maximum Gasteiger partial charge on any atom is 0.191 e. The van der Waals surface area contributed by atoms with Crippen molar-refractivity contribution >= 4 is 5.96 Å². The molecule has 2 N–H and O–H groups in total. The van der Waals surface area contributed by atoms with Crippen LogP contribution in [0.2, 0.25) is 0 Å². The lowest BCUT2D eigenvalue weighted by atomic mass is 10.2. The van der Waals surface area contributed by atoms with Crippen LogP contribution >= 0.6 is 0 Å². The van der Waals surface area contributed by atoms with Crippen LogP contribution in [0.1, 0.15) is 18.4 Å². The summed E-state index contributed by atoms with van der Waals surface area (Å²) >= 11 is 0. The molecule has 0 saturated carbocycles. The average Bonchev–Trinajstić information content (AvgIpc) is 2.94. The Morgan fingerprint density at radius 2 is 2.16 bits per heavy atom. The van der Waals surface area contributed by atoms with Gasteiger partial charge in [-0.15, -0.1) is 0 Å². The fourth-order valence-corrected chi connectivity index (χ4v) is 2.02. The zero-order chi connectivity index (χ0) is 13.5. The summed E-state index contributed by atoms with van der Waals surface area (Å²) in [7, 11) is 1.73. The average molecular weight is 265 g/mol. The number of ether oxygens (including phenoxy) is 1. The molecule has 0 aliphatic carbocycles. The molecule has 19 heavy (non-hydrogen) atoms. The zero-order valence-corrected chi connectivity index (χ0v) is 11.2. The third kappa shape index (κ3) is 4.52. The van der Waals surface area contributed by atoms with E-state index in [2.05, 4.69) is 15.6 Å². The molecular weight excluding hydrogens is 245 g/mol. The zero-order valence-electron chi connectivity index (χ0n) is 11.2. The first-order chi connectivity index (χ1) is 9.28. The summed E-state index contributed by atoms with van der Waals surface area (Å²) in [5.74, 6) is 0.518. The Hall–Kier alpha value is -1.62. The van der Waals surface area contributed by atoms with E-state index in [1.165, 1.54) is 12.1 Å². The standard InChI is InChI=1S/C14H20FN3O/c1-16-14(18-10-13-3-2-8-19-13)17-9-11-4-6-12(15)7-5-11/h4-7,13H,2-3,8-10H2,1H3,(H2,16,17,18). The van der Waals surface area contributed by atoms with E-state index in [9.17, 15) is 4.39 Å². The highest BCUT2D eigenvalue weighted by Crippen LogP contribution is 2.10. The maximum absolute atomic E-state index is 12.8. The molecule has 1 aliphatic heterocycles. The van der Waals surface area contributed by atoms with Gasteiger partial charge in [-0.05, 0) is 30.5 Å². The van der Waals surface area contributed by atoms with Crippen molar-refractivity contribution in [2.75, 3.05) is 20.2 Å². The number of aliphatic imine (C=N–C) groups is 1. The van der Waals surface area contributed by atoms with Gasteiger partial charge >= 0.3 is 0 Å². The molecule has 0 radical (unpaired) electrons. The second-order valence-corrected chi connectivity index (χ2v) is 4.57. The van der Waals surface area contributed by atoms with Crippen molar-refractivity contribution in [2.45, 2.75) is 25.5 Å². The van der Waals surface area contributed by atoms with Crippen LogP contribution in [0.25, 0.3) is 0 Å². The highest BCUT2D eigenvalue weighted by Gasteiger charge is 2.15. The number of nitrogens with one attached hydrogen (secondary N) is 2. The minimum absolute atomic E-state index is 0.218. The topological polar surface area (TPSA) is 45.7 Å². The molecule has 1 fully saturated rings. The molecule has 1 aromatic carbocycles. The summed E-state index contributed by atoms with van der Waals surface area (Å²) < 4.78 is 18.3. The summed E-state index contributed by atoms with van der Waals surface area (Å²) in [4.78, 5) is 4.15. The quantitative estimate of drug-likeness (QED) is 0.643. The third-order valence-corrected chi connectivity index (χ3v) is 3.12. The molecule has 1 atom stereocenters. The van der Waals surface area contributed by atoms with Gasteiger partial charge < -0.3 is 15.4 Å². The monoisotopic (exact) mass is 265 g/mol. The van der Waals surface area contributed by atoms with Gasteiger partial charge in [-0.1, -0.05) is 12.1 Å². The molecule has 2 rings (SSSR count). The van der Waals surface area contributed by atoms with Gasteiger partial charge in [0.2, 0.25) is 0 Å². The summed E-state index contributed by atoms with van der Waals surface area (Å²) in [6, 6.07) is 6.44. The van der Waals surface area contributed by atoms with Crippen molar-refractivity contribution in [3.63, 3.8) is 0 Å². The molecule has 5 heteroatoms. The van der Waals surface area contributed by atoms with Crippen molar-refractivity contribution < 1.29 is 9.13 Å². The molecule has 104 valence electrons. The molecule has 1 heterocycles. The van der Waals surface area contributed by atoms with E-state index in [4.69, 9.17) is 4.74 Å². The fourth-order valence-electron chi connectivity index (χ4n) is 2.02. The Kier molecular flexibility index (Phi) is 5.15. The van der Waals surface area contributed by atoms with Gasteiger partial charge in [-0.2, -0.15) is 0 Å². The molecule has 1 unspecified atom stereocenters. The van der Waals surface area contributed by atoms with Crippen LogP contribution in [0.15, 0.2) is 29.3 Å². The molecule has 4 nitrogen and oxygen atoms in total. The minimum Gasteiger partial charge on any atom is -0.376 e. The largest absolute Gasteiger partial charge is 0.376 e. The molecule has 1 aromatic rings. The van der Waals surface area contributed by atoms with Crippen molar-refractivity contribution in [1.29, 1.82) is 0 Å². The van der Waals surface area contributed by atoms with E-state index in [0.29, 0.717) is 6.54 Å². The van der Waals surface area contributed by atoms with Crippen LogP contribution in [0, 0.1) is 5.82 Å². The molecule has 0 bridgehead atoms. The Morgan fingerprint density at radius 3 is 2.79 bits per heavy atom. The summed E-state index contributed by atoms with van der Waals surface area (Å²) in [6.45, 7) is 2.24. The fraction of sp³-hybridized carbons (Fsp3) is 0.500. The highest BCUT2D eigenvalue weighted by atomic mass is 19.1. The Bertz CT molecular complexity index is 413. The molecule has 1 saturated heterocycles. The SMILES string of the molecule is CN=C(NCc1ccc(F)cc1)NCC1CCCO1. The summed E-state index contributed by atoms with van der Waals surface area (Å²) in [6.07, 6.45) is 2.51. The van der Waals surface area contributed by atoms with E-state index in [1.54, 1.807) is 19.2 Å². The van der Waals surface area contributed by atoms with Crippen LogP contribution < -0.4 is 10.6 Å². The first-order valence-electron chi connectivity index (χ1n) is 6.58. The summed E-state index contributed by atoms with van der Waals surface area (Å²) in [5.41, 5.74) is 1.02. The Labute approximate surface area is 113 Å². The molecule has 1 aliphatic rings. The van der Waals surface area contributed by atoms with E-state index in [1.807, 2.05) is 0 Å². The van der Waals surface area contributed by atoms with E-state index in [-0.39, 0.29) is 11.9 Å². The number of guanidine groups is 1. The van der Waals surface area contributed by atoms with E-state index < -0.39 is 0 Å². The van der Waals surface area contributed by atoms with Gasteiger partial charge in [0.1, 0.15) is 5.82 Å². The van der Waals surface area contributed by atoms with Crippen molar-refractivity contribution in [2.24, 2.45) is 4.99 Å². The predicted octanol–water partition coefficient (Wildman–Crippen LogP) is 1.67. The van der Waals surface area contributed by atoms with Gasteiger partial charge in [0.05, 0.1) is 6.10 Å². The Morgan fingerprint density at radius 1 is 1.37 bits per heavy atom. The minimum atomic E-state index is -0.218. The number of benzene rings is 1. The van der Waals surface area contributed by atoms with Gasteiger partial charge in [-0.25, -0.2) is 4.39 Å².